The summed E-state index contributed by atoms with van der Waals surface area (Å²) in [4.78, 5) is 29.4. The van der Waals surface area contributed by atoms with Gasteiger partial charge in [0.2, 0.25) is 5.91 Å². The van der Waals surface area contributed by atoms with Crippen LogP contribution in [0.15, 0.2) is 83.1 Å². The number of thiazole rings is 1. The number of amides is 2. The molecule has 8 nitrogen and oxygen atoms in total. The fraction of sp³-hybridized carbons (Fsp3) is 0.207. The molecule has 2 N–H and O–H groups in total. The molecular weight excluding hydrogens is 591 g/mol. The van der Waals surface area contributed by atoms with Gasteiger partial charge in [0.25, 0.3) is 15.9 Å². The molecule has 13 heteroatoms. The Balaban J connectivity index is 1.43. The number of carbonyl (C=O) groups is 2. The van der Waals surface area contributed by atoms with Crippen LogP contribution in [-0.2, 0) is 14.8 Å². The van der Waals surface area contributed by atoms with Crippen molar-refractivity contribution in [3.05, 3.63) is 83.7 Å². The van der Waals surface area contributed by atoms with Gasteiger partial charge in [-0.15, -0.1) is 24.5 Å². The van der Waals surface area contributed by atoms with Crippen molar-refractivity contribution in [1.29, 1.82) is 0 Å². The highest BCUT2D eigenvalue weighted by molar-refractivity contribution is 7.90. The lowest BCUT2D eigenvalue weighted by Crippen LogP contribution is -2.31. The number of halogens is 3. The SMILES string of the molecule is CCCCCC(=O)NS(=O)(=O)c1ccccc1NC(=O)c1ccc(-c2nc(-c3ccc(OC(F)(F)F)cc3)cs2)cc1. The summed E-state index contributed by atoms with van der Waals surface area (Å²) in [5.74, 6) is -1.50. The molecule has 0 fully saturated rings. The molecule has 42 heavy (non-hydrogen) atoms. The van der Waals surface area contributed by atoms with Crippen LogP contribution in [0.5, 0.6) is 5.75 Å². The molecule has 0 radical (unpaired) electrons. The maximum absolute atomic E-state index is 13.0. The molecule has 4 rings (SSSR count). The van der Waals surface area contributed by atoms with Gasteiger partial charge in [0.05, 0.1) is 11.4 Å². The average molecular weight is 618 g/mol. The quantitative estimate of drug-likeness (QED) is 0.175. The minimum absolute atomic E-state index is 0.0247. The number of hydrogen-bond donors (Lipinski definition) is 2. The number of sulfonamides is 1. The summed E-state index contributed by atoms with van der Waals surface area (Å²) in [6.07, 6.45) is -2.42. The molecule has 0 aliphatic heterocycles. The van der Waals surface area contributed by atoms with Crippen molar-refractivity contribution in [2.45, 2.75) is 43.9 Å². The summed E-state index contributed by atoms with van der Waals surface area (Å²) in [7, 11) is -4.21. The van der Waals surface area contributed by atoms with Gasteiger partial charge in [-0.3, -0.25) is 9.59 Å². The number of nitrogens with one attached hydrogen (secondary N) is 2. The predicted molar refractivity (Wildman–Crippen MR) is 154 cm³/mol. The molecule has 0 spiro atoms. The molecule has 1 aromatic heterocycles. The number of carbonyl (C=O) groups excluding carboxylic acids is 2. The van der Waals surface area contributed by atoms with Gasteiger partial charge in [0.1, 0.15) is 15.7 Å². The zero-order chi connectivity index (χ0) is 30.3. The highest BCUT2D eigenvalue weighted by Crippen LogP contribution is 2.31. The molecule has 2 amide bonds. The van der Waals surface area contributed by atoms with Crippen LogP contribution in [-0.4, -0.2) is 31.6 Å². The number of unbranched alkanes of at least 4 members (excludes halogenated alkanes) is 2. The normalized spacial score (nSPS) is 11.6. The molecule has 0 unspecified atom stereocenters. The van der Waals surface area contributed by atoms with E-state index >= 15 is 0 Å². The molecule has 0 aliphatic carbocycles. The number of rotatable bonds is 11. The number of alkyl halides is 3. The summed E-state index contributed by atoms with van der Waals surface area (Å²) < 4.78 is 68.8. The Hall–Kier alpha value is -4.23. The second-order valence-corrected chi connectivity index (χ2v) is 11.6. The van der Waals surface area contributed by atoms with Gasteiger partial charge >= 0.3 is 6.36 Å². The number of aromatic nitrogens is 1. The van der Waals surface area contributed by atoms with Crippen LogP contribution in [0.2, 0.25) is 0 Å². The number of benzene rings is 3. The van der Waals surface area contributed by atoms with E-state index in [0.29, 0.717) is 28.2 Å². The fourth-order valence-electron chi connectivity index (χ4n) is 3.92. The summed E-state index contributed by atoms with van der Waals surface area (Å²) >= 11 is 1.32. The molecule has 1 heterocycles. The van der Waals surface area contributed by atoms with Gasteiger partial charge in [0, 0.05) is 28.5 Å². The zero-order valence-corrected chi connectivity index (χ0v) is 23.9. The molecule has 220 valence electrons. The topological polar surface area (TPSA) is 114 Å². The minimum Gasteiger partial charge on any atom is -0.406 e. The Labute approximate surface area is 244 Å². The number of nitrogens with zero attached hydrogens (tertiary/aromatic N) is 1. The maximum atomic E-state index is 13.0. The fourth-order valence-corrected chi connectivity index (χ4v) is 5.93. The van der Waals surface area contributed by atoms with E-state index in [9.17, 15) is 31.2 Å². The Morgan fingerprint density at radius 3 is 2.26 bits per heavy atom. The third-order valence-electron chi connectivity index (χ3n) is 5.96. The van der Waals surface area contributed by atoms with E-state index in [1.165, 1.54) is 53.8 Å². The first-order valence-corrected chi connectivity index (χ1v) is 15.2. The minimum atomic E-state index is -4.77. The molecule has 0 saturated heterocycles. The highest BCUT2D eigenvalue weighted by Gasteiger charge is 2.31. The molecule has 4 aromatic rings. The standard InChI is InChI=1S/C29H26F3N3O5S2/c1-2-3-4-9-26(36)35-42(38,39)25-8-6-5-7-23(25)33-27(37)20-10-12-21(13-11-20)28-34-24(18-41-28)19-14-16-22(17-15-19)40-29(30,31)32/h5-8,10-18H,2-4,9H2,1H3,(H,33,37)(H,35,36). The molecule has 0 saturated carbocycles. The summed E-state index contributed by atoms with van der Waals surface area (Å²) in [6.45, 7) is 1.97. The van der Waals surface area contributed by atoms with Crippen molar-refractivity contribution >= 4 is 38.9 Å². The lowest BCUT2D eigenvalue weighted by atomic mass is 10.1. The Bertz CT molecular complexity index is 1650. The summed E-state index contributed by atoms with van der Waals surface area (Å²) in [5, 5.41) is 4.98. The smallest absolute Gasteiger partial charge is 0.406 e. The van der Waals surface area contributed by atoms with Crippen molar-refractivity contribution in [3.8, 4) is 27.6 Å². The number of ether oxygens (including phenoxy) is 1. The van der Waals surface area contributed by atoms with Gasteiger partial charge in [-0.05, 0) is 55.0 Å². The van der Waals surface area contributed by atoms with E-state index in [-0.39, 0.29) is 28.3 Å². The van der Waals surface area contributed by atoms with E-state index in [1.807, 2.05) is 6.92 Å². The van der Waals surface area contributed by atoms with Crippen LogP contribution in [0.4, 0.5) is 18.9 Å². The van der Waals surface area contributed by atoms with Gasteiger partial charge in [-0.25, -0.2) is 18.1 Å². The largest absolute Gasteiger partial charge is 0.573 e. The zero-order valence-electron chi connectivity index (χ0n) is 22.3. The first kappa shape index (κ1) is 30.7. The third-order valence-corrected chi connectivity index (χ3v) is 8.29. The predicted octanol–water partition coefficient (Wildman–Crippen LogP) is 7.01. The van der Waals surface area contributed by atoms with Crippen LogP contribution >= 0.6 is 11.3 Å². The van der Waals surface area contributed by atoms with Crippen molar-refractivity contribution in [2.24, 2.45) is 0 Å². The van der Waals surface area contributed by atoms with Crippen LogP contribution in [0, 0.1) is 0 Å². The van der Waals surface area contributed by atoms with Crippen molar-refractivity contribution in [3.63, 3.8) is 0 Å². The maximum Gasteiger partial charge on any atom is 0.573 e. The second kappa shape index (κ2) is 13.2. The lowest BCUT2D eigenvalue weighted by molar-refractivity contribution is -0.274. The monoisotopic (exact) mass is 617 g/mol. The Kier molecular flexibility index (Phi) is 9.63. The lowest BCUT2D eigenvalue weighted by Gasteiger charge is -2.13. The van der Waals surface area contributed by atoms with E-state index in [0.717, 1.165) is 12.8 Å². The van der Waals surface area contributed by atoms with Crippen LogP contribution in [0.1, 0.15) is 43.0 Å². The van der Waals surface area contributed by atoms with E-state index in [4.69, 9.17) is 0 Å². The summed E-state index contributed by atoms with van der Waals surface area (Å²) in [6, 6.07) is 17.6. The molecular formula is C29H26F3N3O5S2. The molecule has 0 bridgehead atoms. The van der Waals surface area contributed by atoms with Gasteiger partial charge < -0.3 is 10.1 Å². The van der Waals surface area contributed by atoms with Crippen LogP contribution < -0.4 is 14.8 Å². The van der Waals surface area contributed by atoms with Crippen LogP contribution in [0.25, 0.3) is 21.8 Å². The van der Waals surface area contributed by atoms with Crippen LogP contribution in [0.3, 0.4) is 0 Å². The highest BCUT2D eigenvalue weighted by atomic mass is 32.2. The summed E-state index contributed by atoms with van der Waals surface area (Å²) in [5.41, 5.74) is 2.15. The first-order chi connectivity index (χ1) is 19.9. The average Bonchev–Trinajstić information content (AvgIpc) is 3.43. The number of hydrogen-bond acceptors (Lipinski definition) is 7. The van der Waals surface area contributed by atoms with Gasteiger partial charge in [-0.2, -0.15) is 0 Å². The first-order valence-electron chi connectivity index (χ1n) is 12.8. The Morgan fingerprint density at radius 2 is 1.60 bits per heavy atom. The third kappa shape index (κ3) is 8.17. The van der Waals surface area contributed by atoms with E-state index in [2.05, 4.69) is 19.8 Å². The van der Waals surface area contributed by atoms with E-state index in [1.54, 1.807) is 35.7 Å². The molecule has 0 aliphatic rings. The second-order valence-electron chi connectivity index (χ2n) is 9.12. The van der Waals surface area contributed by atoms with Crippen molar-refractivity contribution < 1.29 is 35.9 Å². The van der Waals surface area contributed by atoms with Gasteiger partial charge in [0.15, 0.2) is 0 Å². The van der Waals surface area contributed by atoms with Gasteiger partial charge in [-0.1, -0.05) is 44.0 Å². The number of anilines is 1. The Morgan fingerprint density at radius 1 is 0.929 bits per heavy atom. The van der Waals surface area contributed by atoms with Crippen molar-refractivity contribution in [1.82, 2.24) is 9.71 Å². The number of para-hydroxylation sites is 1. The van der Waals surface area contributed by atoms with E-state index < -0.39 is 28.2 Å². The van der Waals surface area contributed by atoms with Crippen molar-refractivity contribution in [2.75, 3.05) is 5.32 Å². The molecule has 0 atom stereocenters. The molecule has 3 aromatic carbocycles.